The van der Waals surface area contributed by atoms with Gasteiger partial charge in [0, 0.05) is 6.42 Å². The van der Waals surface area contributed by atoms with Gasteiger partial charge in [0.15, 0.2) is 11.5 Å². The Balaban J connectivity index is 2.44. The van der Waals surface area contributed by atoms with E-state index in [2.05, 4.69) is 13.8 Å². The summed E-state index contributed by atoms with van der Waals surface area (Å²) in [6.07, 6.45) is 0.462. The van der Waals surface area contributed by atoms with E-state index < -0.39 is 0 Å². The molecule has 3 nitrogen and oxygen atoms in total. The van der Waals surface area contributed by atoms with E-state index in [0.29, 0.717) is 12.3 Å². The Morgan fingerprint density at radius 3 is 2.50 bits per heavy atom. The Kier molecular flexibility index (Phi) is 2.86. The molecule has 1 aliphatic heterocycles. The highest BCUT2D eigenvalue weighted by Crippen LogP contribution is 2.37. The maximum atomic E-state index is 11.2. The van der Waals surface area contributed by atoms with Crippen molar-refractivity contribution < 1.29 is 14.3 Å². The number of benzene rings is 1. The second kappa shape index (κ2) is 4.16. The van der Waals surface area contributed by atoms with Crippen molar-refractivity contribution in [1.82, 2.24) is 0 Å². The number of fused-ring (bicyclic) bond motifs is 1. The number of carbonyl (C=O) groups excluding carboxylic acids is 1. The highest BCUT2D eigenvalue weighted by molar-refractivity contribution is 5.79. The minimum Gasteiger partial charge on any atom is -0.454 e. The Morgan fingerprint density at radius 1 is 1.31 bits per heavy atom. The molecule has 0 saturated carbocycles. The lowest BCUT2D eigenvalue weighted by Gasteiger charge is -2.12. The van der Waals surface area contributed by atoms with E-state index in [0.717, 1.165) is 17.1 Å². The van der Waals surface area contributed by atoms with E-state index in [4.69, 9.17) is 9.47 Å². The quantitative estimate of drug-likeness (QED) is 0.785. The predicted molar refractivity (Wildman–Crippen MR) is 61.0 cm³/mol. The topological polar surface area (TPSA) is 35.5 Å². The van der Waals surface area contributed by atoms with Crippen molar-refractivity contribution in [1.29, 1.82) is 0 Å². The van der Waals surface area contributed by atoms with Crippen LogP contribution in [0.15, 0.2) is 12.1 Å². The molecule has 0 saturated heterocycles. The summed E-state index contributed by atoms with van der Waals surface area (Å²) in [5, 5.41) is 0. The van der Waals surface area contributed by atoms with Crippen LogP contribution in [0.2, 0.25) is 0 Å². The van der Waals surface area contributed by atoms with Gasteiger partial charge in [-0.25, -0.2) is 0 Å². The standard InChI is InChI=1S/C13H16O3/c1-8(2)11-6-13-12(15-7-16-13)5-10(11)4-9(3)14/h5-6,8H,4,7H2,1-3H3. The van der Waals surface area contributed by atoms with Gasteiger partial charge >= 0.3 is 0 Å². The normalized spacial score (nSPS) is 13.2. The summed E-state index contributed by atoms with van der Waals surface area (Å²) in [5.74, 6) is 2.08. The molecular formula is C13H16O3. The first kappa shape index (κ1) is 11.0. The van der Waals surface area contributed by atoms with Gasteiger partial charge in [-0.3, -0.25) is 4.79 Å². The highest BCUT2D eigenvalue weighted by atomic mass is 16.7. The monoisotopic (exact) mass is 220 g/mol. The summed E-state index contributed by atoms with van der Waals surface area (Å²) in [6, 6.07) is 3.92. The van der Waals surface area contributed by atoms with Crippen LogP contribution < -0.4 is 9.47 Å². The average Bonchev–Trinajstić information content (AvgIpc) is 2.62. The maximum absolute atomic E-state index is 11.2. The molecule has 86 valence electrons. The van der Waals surface area contributed by atoms with Crippen LogP contribution in [0.3, 0.4) is 0 Å². The fourth-order valence-electron chi connectivity index (χ4n) is 1.96. The fourth-order valence-corrected chi connectivity index (χ4v) is 1.96. The highest BCUT2D eigenvalue weighted by Gasteiger charge is 2.19. The van der Waals surface area contributed by atoms with Crippen molar-refractivity contribution in [2.45, 2.75) is 33.1 Å². The van der Waals surface area contributed by atoms with Crippen LogP contribution in [-0.2, 0) is 11.2 Å². The van der Waals surface area contributed by atoms with E-state index in [1.54, 1.807) is 6.92 Å². The second-order valence-corrected chi connectivity index (χ2v) is 4.44. The van der Waals surface area contributed by atoms with E-state index in [1.807, 2.05) is 12.1 Å². The van der Waals surface area contributed by atoms with Crippen LogP contribution in [0.5, 0.6) is 11.5 Å². The molecule has 0 aliphatic carbocycles. The summed E-state index contributed by atoms with van der Waals surface area (Å²) in [5.41, 5.74) is 2.21. The largest absolute Gasteiger partial charge is 0.454 e. The van der Waals surface area contributed by atoms with Crippen molar-refractivity contribution in [3.05, 3.63) is 23.3 Å². The predicted octanol–water partition coefficient (Wildman–Crippen LogP) is 2.67. The minimum absolute atomic E-state index is 0.167. The summed E-state index contributed by atoms with van der Waals surface area (Å²) in [4.78, 5) is 11.2. The van der Waals surface area contributed by atoms with Gasteiger partial charge < -0.3 is 9.47 Å². The number of ketones is 1. The summed E-state index contributed by atoms with van der Waals surface area (Å²) in [7, 11) is 0. The number of ether oxygens (including phenoxy) is 2. The van der Waals surface area contributed by atoms with E-state index in [1.165, 1.54) is 5.56 Å². The van der Waals surface area contributed by atoms with E-state index in [9.17, 15) is 4.79 Å². The molecule has 0 atom stereocenters. The number of hydrogen-bond donors (Lipinski definition) is 0. The van der Waals surface area contributed by atoms with Crippen molar-refractivity contribution in [2.75, 3.05) is 6.79 Å². The van der Waals surface area contributed by atoms with Gasteiger partial charge in [0.2, 0.25) is 6.79 Å². The Morgan fingerprint density at radius 2 is 1.94 bits per heavy atom. The minimum atomic E-state index is 0.167. The van der Waals surface area contributed by atoms with Crippen LogP contribution in [-0.4, -0.2) is 12.6 Å². The summed E-state index contributed by atoms with van der Waals surface area (Å²) < 4.78 is 10.7. The van der Waals surface area contributed by atoms with Gasteiger partial charge in [-0.05, 0) is 36.1 Å². The van der Waals surface area contributed by atoms with E-state index in [-0.39, 0.29) is 12.6 Å². The van der Waals surface area contributed by atoms with Crippen molar-refractivity contribution in [3.8, 4) is 11.5 Å². The molecule has 3 heteroatoms. The van der Waals surface area contributed by atoms with Crippen LogP contribution in [0.1, 0.15) is 37.8 Å². The lowest BCUT2D eigenvalue weighted by Crippen LogP contribution is -2.02. The molecule has 1 heterocycles. The zero-order valence-corrected chi connectivity index (χ0v) is 9.87. The summed E-state index contributed by atoms with van der Waals surface area (Å²) >= 11 is 0. The molecule has 0 spiro atoms. The zero-order chi connectivity index (χ0) is 11.7. The van der Waals surface area contributed by atoms with Crippen LogP contribution in [0.4, 0.5) is 0 Å². The van der Waals surface area contributed by atoms with Gasteiger partial charge in [0.1, 0.15) is 5.78 Å². The SMILES string of the molecule is CC(=O)Cc1cc2c(cc1C(C)C)OCO2. The molecule has 0 fully saturated rings. The maximum Gasteiger partial charge on any atom is 0.231 e. The molecule has 1 aromatic carbocycles. The molecule has 1 aromatic rings. The molecule has 0 N–H and O–H groups in total. The number of rotatable bonds is 3. The lowest BCUT2D eigenvalue weighted by atomic mass is 9.94. The first-order chi connectivity index (χ1) is 7.58. The Hall–Kier alpha value is -1.51. The Bertz CT molecular complexity index is 421. The van der Waals surface area contributed by atoms with Gasteiger partial charge in [0.05, 0.1) is 0 Å². The van der Waals surface area contributed by atoms with Crippen LogP contribution >= 0.6 is 0 Å². The van der Waals surface area contributed by atoms with Crippen molar-refractivity contribution in [3.63, 3.8) is 0 Å². The number of carbonyl (C=O) groups is 1. The molecule has 16 heavy (non-hydrogen) atoms. The number of Topliss-reactive ketones (excluding diaryl/α,β-unsaturated/α-hetero) is 1. The summed E-state index contributed by atoms with van der Waals surface area (Å²) in [6.45, 7) is 6.10. The van der Waals surface area contributed by atoms with Gasteiger partial charge in [-0.15, -0.1) is 0 Å². The van der Waals surface area contributed by atoms with Crippen molar-refractivity contribution >= 4 is 5.78 Å². The Labute approximate surface area is 95.4 Å². The fraction of sp³-hybridized carbons (Fsp3) is 0.462. The van der Waals surface area contributed by atoms with Gasteiger partial charge in [0.25, 0.3) is 0 Å². The second-order valence-electron chi connectivity index (χ2n) is 4.44. The number of hydrogen-bond acceptors (Lipinski definition) is 3. The van der Waals surface area contributed by atoms with Gasteiger partial charge in [-0.1, -0.05) is 13.8 Å². The third-order valence-corrected chi connectivity index (χ3v) is 2.70. The molecule has 0 bridgehead atoms. The molecule has 0 aromatic heterocycles. The van der Waals surface area contributed by atoms with E-state index >= 15 is 0 Å². The third kappa shape index (κ3) is 2.03. The molecule has 0 radical (unpaired) electrons. The lowest BCUT2D eigenvalue weighted by molar-refractivity contribution is -0.116. The third-order valence-electron chi connectivity index (χ3n) is 2.70. The van der Waals surface area contributed by atoms with Crippen LogP contribution in [0, 0.1) is 0 Å². The first-order valence-electron chi connectivity index (χ1n) is 5.49. The average molecular weight is 220 g/mol. The molecular weight excluding hydrogens is 204 g/mol. The smallest absolute Gasteiger partial charge is 0.231 e. The molecule has 0 unspecified atom stereocenters. The first-order valence-corrected chi connectivity index (χ1v) is 5.49. The molecule has 2 rings (SSSR count). The van der Waals surface area contributed by atoms with Crippen molar-refractivity contribution in [2.24, 2.45) is 0 Å². The zero-order valence-electron chi connectivity index (χ0n) is 9.87. The molecule has 0 amide bonds. The van der Waals surface area contributed by atoms with Crippen LogP contribution in [0.25, 0.3) is 0 Å². The molecule has 1 aliphatic rings. The van der Waals surface area contributed by atoms with Gasteiger partial charge in [-0.2, -0.15) is 0 Å².